The Morgan fingerprint density at radius 2 is 1.57 bits per heavy atom. The first kappa shape index (κ1) is 20.6. The van der Waals surface area contributed by atoms with Gasteiger partial charge >= 0.3 is 11.9 Å². The molecule has 3 N–H and O–H groups in total. The van der Waals surface area contributed by atoms with Crippen LogP contribution in [0.4, 0.5) is 0 Å². The van der Waals surface area contributed by atoms with Gasteiger partial charge < -0.3 is 19.8 Å². The molecule has 0 fully saturated rings. The number of carboxylic acids is 2. The van der Waals surface area contributed by atoms with Crippen molar-refractivity contribution in [2.24, 2.45) is 0 Å². The maximum Gasteiger partial charge on any atom is 0.339 e. The van der Waals surface area contributed by atoms with Gasteiger partial charge in [0, 0.05) is 6.42 Å². The first-order valence-electron chi connectivity index (χ1n) is 7.04. The number of quaternary nitrogens is 1. The molecule has 1 aromatic rings. The maximum absolute atomic E-state index is 10.9. The van der Waals surface area contributed by atoms with Crippen molar-refractivity contribution in [2.45, 2.75) is 19.8 Å². The number of benzene rings is 1. The van der Waals surface area contributed by atoms with Crippen molar-refractivity contribution >= 4 is 17.7 Å². The summed E-state index contributed by atoms with van der Waals surface area (Å²) in [6.45, 7) is 2.19. The molecule has 0 spiro atoms. The fourth-order valence-corrected chi connectivity index (χ4v) is 1.70. The van der Waals surface area contributed by atoms with Gasteiger partial charge in [0.1, 0.15) is 11.3 Å². The number of carbonyl (C=O) groups is 3. The molecule has 1 rings (SSSR count). The second kappa shape index (κ2) is 8.89. The molecule has 0 saturated heterocycles. The Hall–Kier alpha value is -2.41. The van der Waals surface area contributed by atoms with Crippen molar-refractivity contribution in [2.75, 3.05) is 27.7 Å². The van der Waals surface area contributed by atoms with Crippen LogP contribution in [-0.4, -0.2) is 65.2 Å². The van der Waals surface area contributed by atoms with Crippen LogP contribution < -0.4 is 0 Å². The van der Waals surface area contributed by atoms with Crippen LogP contribution in [0.25, 0.3) is 0 Å². The Labute approximate surface area is 135 Å². The fourth-order valence-electron chi connectivity index (χ4n) is 1.70. The van der Waals surface area contributed by atoms with E-state index < -0.39 is 17.7 Å². The lowest BCUT2D eigenvalue weighted by molar-refractivity contribution is -0.870. The van der Waals surface area contributed by atoms with Crippen LogP contribution in [0.15, 0.2) is 18.2 Å². The highest BCUT2D eigenvalue weighted by atomic mass is 16.4. The average molecular weight is 326 g/mol. The Balaban J connectivity index is 0.000000438. The van der Waals surface area contributed by atoms with Crippen LogP contribution in [0, 0.1) is 0 Å². The lowest BCUT2D eigenvalue weighted by atomic mass is 10.1. The number of phenols is 1. The topological polar surface area (TPSA) is 112 Å². The van der Waals surface area contributed by atoms with Crippen LogP contribution in [0.3, 0.4) is 0 Å². The van der Waals surface area contributed by atoms with Crippen molar-refractivity contribution in [1.29, 1.82) is 0 Å². The molecular formula is C16H24NO6+. The molecule has 1 aromatic carbocycles. The summed E-state index contributed by atoms with van der Waals surface area (Å²) in [6.07, 6.45) is 1.05. The van der Waals surface area contributed by atoms with E-state index in [9.17, 15) is 19.5 Å². The average Bonchev–Trinajstić information content (AvgIpc) is 2.36. The second-order valence-electron chi connectivity index (χ2n) is 6.07. The molecule has 0 heterocycles. The highest BCUT2D eigenvalue weighted by Gasteiger charge is 2.14. The van der Waals surface area contributed by atoms with E-state index in [2.05, 4.69) is 21.1 Å². The number of hydrogen-bond acceptors (Lipinski definition) is 4. The minimum Gasteiger partial charge on any atom is -0.506 e. The zero-order chi connectivity index (χ0) is 18.2. The van der Waals surface area contributed by atoms with E-state index in [4.69, 9.17) is 10.2 Å². The van der Waals surface area contributed by atoms with Crippen LogP contribution in [0.1, 0.15) is 40.5 Å². The van der Waals surface area contributed by atoms with Gasteiger partial charge in [-0.25, -0.2) is 4.79 Å². The maximum atomic E-state index is 10.9. The number of aromatic carboxylic acids is 1. The molecule has 0 radical (unpaired) electrons. The van der Waals surface area contributed by atoms with Crippen molar-refractivity contribution < 1.29 is 34.2 Å². The molecule has 0 aliphatic rings. The summed E-state index contributed by atoms with van der Waals surface area (Å²) in [5, 5.41) is 26.2. The summed E-state index contributed by atoms with van der Waals surface area (Å²) >= 11 is 0. The zero-order valence-electron chi connectivity index (χ0n) is 13.9. The van der Waals surface area contributed by atoms with Crippen molar-refractivity contribution in [3.63, 3.8) is 0 Å². The minimum atomic E-state index is -1.25. The van der Waals surface area contributed by atoms with Gasteiger partial charge in [-0.15, -0.1) is 0 Å². The van der Waals surface area contributed by atoms with Gasteiger partial charge in [0.15, 0.2) is 5.78 Å². The number of aliphatic carboxylic acids is 1. The van der Waals surface area contributed by atoms with Gasteiger partial charge in [-0.05, 0) is 19.1 Å². The number of hydrogen-bond donors (Lipinski definition) is 3. The van der Waals surface area contributed by atoms with E-state index in [-0.39, 0.29) is 23.3 Å². The number of carbonyl (C=O) groups excluding carboxylic acids is 1. The van der Waals surface area contributed by atoms with E-state index in [1.54, 1.807) is 0 Å². The molecule has 7 heteroatoms. The molecule has 0 aliphatic carbocycles. The summed E-state index contributed by atoms with van der Waals surface area (Å²) < 4.78 is 0.841. The van der Waals surface area contributed by atoms with Gasteiger partial charge in [-0.2, -0.15) is 0 Å². The SMILES string of the molecule is CC(=O)c1cccc(C(=O)O)c1O.C[N+](C)(C)CCCC(=O)O. The Bertz CT molecular complexity index is 542. The van der Waals surface area contributed by atoms with Crippen molar-refractivity contribution in [3.8, 4) is 5.75 Å². The predicted molar refractivity (Wildman–Crippen MR) is 84.8 cm³/mol. The quantitative estimate of drug-likeness (QED) is 0.543. The zero-order valence-corrected chi connectivity index (χ0v) is 13.9. The summed E-state index contributed by atoms with van der Waals surface area (Å²) in [5.74, 6) is -2.78. The fraction of sp³-hybridized carbons (Fsp3) is 0.438. The smallest absolute Gasteiger partial charge is 0.339 e. The lowest BCUT2D eigenvalue weighted by Crippen LogP contribution is -2.35. The van der Waals surface area contributed by atoms with E-state index in [0.29, 0.717) is 0 Å². The van der Waals surface area contributed by atoms with Crippen LogP contribution in [0.2, 0.25) is 0 Å². The monoisotopic (exact) mass is 326 g/mol. The molecule has 7 nitrogen and oxygen atoms in total. The second-order valence-corrected chi connectivity index (χ2v) is 6.07. The Morgan fingerprint density at radius 3 is 1.96 bits per heavy atom. The third-order valence-electron chi connectivity index (χ3n) is 2.87. The molecule has 0 saturated carbocycles. The number of aromatic hydroxyl groups is 1. The number of carboxylic acid groups (broad SMARTS) is 2. The van der Waals surface area contributed by atoms with Gasteiger partial charge in [-0.3, -0.25) is 9.59 Å². The largest absolute Gasteiger partial charge is 0.506 e. The predicted octanol–water partition coefficient (Wildman–Crippen LogP) is 1.85. The van der Waals surface area contributed by atoms with Crippen LogP contribution in [0.5, 0.6) is 5.75 Å². The van der Waals surface area contributed by atoms with E-state index in [1.165, 1.54) is 25.1 Å². The Kier molecular flexibility index (Phi) is 7.96. The van der Waals surface area contributed by atoms with Gasteiger partial charge in [0.05, 0.1) is 39.7 Å². The molecule has 0 unspecified atom stereocenters. The van der Waals surface area contributed by atoms with Gasteiger partial charge in [0.25, 0.3) is 0 Å². The summed E-state index contributed by atoms with van der Waals surface area (Å²) in [6, 6.07) is 4.04. The number of Topliss-reactive ketones (excluding diaryl/α,β-unsaturated/α-hetero) is 1. The molecule has 0 aliphatic heterocycles. The number of nitrogens with zero attached hydrogens (tertiary/aromatic N) is 1. The van der Waals surface area contributed by atoms with Gasteiger partial charge in [-0.1, -0.05) is 6.07 Å². The normalized spacial score (nSPS) is 10.4. The van der Waals surface area contributed by atoms with E-state index in [0.717, 1.165) is 17.4 Å². The van der Waals surface area contributed by atoms with E-state index in [1.807, 2.05) is 0 Å². The highest BCUT2D eigenvalue weighted by Crippen LogP contribution is 2.22. The first-order valence-corrected chi connectivity index (χ1v) is 7.04. The van der Waals surface area contributed by atoms with Crippen molar-refractivity contribution in [3.05, 3.63) is 29.3 Å². The molecular weight excluding hydrogens is 302 g/mol. The van der Waals surface area contributed by atoms with Crippen LogP contribution >= 0.6 is 0 Å². The Morgan fingerprint density at radius 1 is 1.04 bits per heavy atom. The first-order chi connectivity index (χ1) is 10.5. The van der Waals surface area contributed by atoms with Crippen molar-refractivity contribution in [1.82, 2.24) is 0 Å². The molecule has 0 aromatic heterocycles. The molecule has 0 bridgehead atoms. The van der Waals surface area contributed by atoms with E-state index >= 15 is 0 Å². The number of para-hydroxylation sites is 1. The molecule has 128 valence electrons. The minimum absolute atomic E-state index is 0.0277. The van der Waals surface area contributed by atoms with Gasteiger partial charge in [0.2, 0.25) is 0 Å². The lowest BCUT2D eigenvalue weighted by Gasteiger charge is -2.23. The van der Waals surface area contributed by atoms with Crippen LogP contribution in [-0.2, 0) is 4.79 Å². The summed E-state index contributed by atoms with van der Waals surface area (Å²) in [7, 11) is 6.17. The third-order valence-corrected chi connectivity index (χ3v) is 2.87. The number of ketones is 1. The molecule has 23 heavy (non-hydrogen) atoms. The summed E-state index contributed by atoms with van der Waals surface area (Å²) in [4.78, 5) is 31.5. The third kappa shape index (κ3) is 8.57. The number of rotatable bonds is 6. The standard InChI is InChI=1S/C9H8O4.C7H15NO2/c1-5(10)6-3-2-4-7(8(6)11)9(12)13;1-8(2,3)6-4-5-7(9)10/h2-4,11H,1H3,(H,12,13);4-6H2,1-3H3/p+1. The molecule has 0 atom stereocenters. The highest BCUT2D eigenvalue weighted by molar-refractivity contribution is 6.01. The summed E-state index contributed by atoms with van der Waals surface area (Å²) in [5.41, 5.74) is -0.229. The molecule has 0 amide bonds.